The zero-order valence-corrected chi connectivity index (χ0v) is 23.7. The zero-order valence-electron chi connectivity index (χ0n) is 22.2. The molecule has 2 N–H and O–H groups in total. The number of hydrogen-bond donors (Lipinski definition) is 2. The van der Waals surface area contributed by atoms with Gasteiger partial charge < -0.3 is 20.3 Å². The van der Waals surface area contributed by atoms with Gasteiger partial charge >= 0.3 is 0 Å². The Balaban J connectivity index is 1.39. The van der Waals surface area contributed by atoms with Gasteiger partial charge in [0.25, 0.3) is 0 Å². The third-order valence-electron chi connectivity index (χ3n) is 7.51. The molecule has 1 aliphatic heterocycles. The standard InChI is InChI=1S/C31H37Cl2N3O2/c1-23(37)35-31(27-8-4-3-5-9-27)14-17-36(18-15-31)16-13-26(25-11-12-29(32)30(33)20-25)22-34-21-24-7-6-10-28(19-24)38-2/h3-12,19-20,26,34H,13-18,21-22H2,1-2H3,(H,35,37). The predicted octanol–water partition coefficient (Wildman–Crippen LogP) is 6.39. The van der Waals surface area contributed by atoms with E-state index in [0.29, 0.717) is 10.0 Å². The van der Waals surface area contributed by atoms with Crippen LogP contribution in [0.5, 0.6) is 5.75 Å². The van der Waals surface area contributed by atoms with E-state index in [4.69, 9.17) is 27.9 Å². The van der Waals surface area contributed by atoms with Gasteiger partial charge in [-0.25, -0.2) is 0 Å². The summed E-state index contributed by atoms with van der Waals surface area (Å²) in [6.07, 6.45) is 2.77. The molecule has 1 unspecified atom stereocenters. The van der Waals surface area contributed by atoms with Crippen LogP contribution in [0.25, 0.3) is 0 Å². The first-order chi connectivity index (χ1) is 18.4. The quantitative estimate of drug-likeness (QED) is 0.288. The van der Waals surface area contributed by atoms with Crippen molar-refractivity contribution in [3.8, 4) is 5.75 Å². The van der Waals surface area contributed by atoms with Crippen molar-refractivity contribution in [2.75, 3.05) is 33.3 Å². The van der Waals surface area contributed by atoms with E-state index in [-0.39, 0.29) is 17.4 Å². The average Bonchev–Trinajstić information content (AvgIpc) is 2.93. The van der Waals surface area contributed by atoms with E-state index in [9.17, 15) is 4.79 Å². The van der Waals surface area contributed by atoms with E-state index in [2.05, 4.69) is 45.9 Å². The molecule has 1 amide bonds. The van der Waals surface area contributed by atoms with Gasteiger partial charge in [-0.1, -0.05) is 71.7 Å². The summed E-state index contributed by atoms with van der Waals surface area (Å²) < 4.78 is 5.36. The lowest BCUT2D eigenvalue weighted by atomic mass is 9.80. The lowest BCUT2D eigenvalue weighted by molar-refractivity contribution is -0.121. The molecule has 0 bridgehead atoms. The SMILES string of the molecule is COc1cccc(CNCC(CCN2CCC(NC(C)=O)(c3ccccc3)CC2)c2ccc(Cl)c(Cl)c2)c1. The Hall–Kier alpha value is -2.57. The molecule has 5 nitrogen and oxygen atoms in total. The summed E-state index contributed by atoms with van der Waals surface area (Å²) >= 11 is 12.6. The molecule has 1 saturated heterocycles. The van der Waals surface area contributed by atoms with Crippen LogP contribution in [0.4, 0.5) is 0 Å². The maximum atomic E-state index is 12.1. The normalized spacial score (nSPS) is 16.1. The summed E-state index contributed by atoms with van der Waals surface area (Å²) in [5, 5.41) is 8.07. The number of nitrogens with one attached hydrogen (secondary N) is 2. The van der Waals surface area contributed by atoms with Gasteiger partial charge in [-0.15, -0.1) is 0 Å². The highest BCUT2D eigenvalue weighted by Crippen LogP contribution is 2.34. The van der Waals surface area contributed by atoms with Crippen molar-refractivity contribution in [2.45, 2.75) is 44.2 Å². The average molecular weight is 555 g/mol. The second-order valence-corrected chi connectivity index (χ2v) is 10.9. The highest BCUT2D eigenvalue weighted by atomic mass is 35.5. The van der Waals surface area contributed by atoms with E-state index in [1.165, 1.54) is 16.7 Å². The van der Waals surface area contributed by atoms with Crippen LogP contribution in [0.15, 0.2) is 72.8 Å². The van der Waals surface area contributed by atoms with Gasteiger partial charge in [0.2, 0.25) is 5.91 Å². The first-order valence-electron chi connectivity index (χ1n) is 13.2. The number of carbonyl (C=O) groups is 1. The summed E-state index contributed by atoms with van der Waals surface area (Å²) in [6, 6.07) is 24.5. The fourth-order valence-electron chi connectivity index (χ4n) is 5.40. The van der Waals surface area contributed by atoms with Crippen molar-refractivity contribution in [2.24, 2.45) is 0 Å². The molecule has 38 heavy (non-hydrogen) atoms. The van der Waals surface area contributed by atoms with Gasteiger partial charge in [-0.2, -0.15) is 0 Å². The van der Waals surface area contributed by atoms with Crippen molar-refractivity contribution in [3.05, 3.63) is 99.5 Å². The van der Waals surface area contributed by atoms with Crippen LogP contribution in [-0.2, 0) is 16.9 Å². The Morgan fingerprint density at radius 3 is 2.45 bits per heavy atom. The Bertz CT molecular complexity index is 1200. The number of methoxy groups -OCH3 is 1. The van der Waals surface area contributed by atoms with Crippen molar-refractivity contribution >= 4 is 29.1 Å². The third kappa shape index (κ3) is 7.51. The van der Waals surface area contributed by atoms with E-state index in [1.54, 1.807) is 14.0 Å². The molecule has 202 valence electrons. The highest BCUT2D eigenvalue weighted by Gasteiger charge is 2.36. The molecule has 1 heterocycles. The minimum Gasteiger partial charge on any atom is -0.497 e. The predicted molar refractivity (Wildman–Crippen MR) is 156 cm³/mol. The Kier molecular flexibility index (Phi) is 10.1. The first-order valence-corrected chi connectivity index (χ1v) is 14.0. The van der Waals surface area contributed by atoms with Crippen molar-refractivity contribution < 1.29 is 9.53 Å². The van der Waals surface area contributed by atoms with E-state index in [0.717, 1.165) is 57.7 Å². The van der Waals surface area contributed by atoms with Crippen molar-refractivity contribution in [1.29, 1.82) is 0 Å². The molecule has 0 spiro atoms. The summed E-state index contributed by atoms with van der Waals surface area (Å²) in [7, 11) is 1.69. The summed E-state index contributed by atoms with van der Waals surface area (Å²) in [6.45, 7) is 6.02. The highest BCUT2D eigenvalue weighted by molar-refractivity contribution is 6.42. The molecule has 0 saturated carbocycles. The molecule has 1 atom stereocenters. The van der Waals surface area contributed by atoms with Crippen molar-refractivity contribution in [1.82, 2.24) is 15.5 Å². The Labute approximate surface area is 236 Å². The molecule has 3 aromatic carbocycles. The number of rotatable bonds is 11. The molecule has 3 aromatic rings. The van der Waals surface area contributed by atoms with Crippen LogP contribution in [0.3, 0.4) is 0 Å². The molecule has 0 aliphatic carbocycles. The number of carbonyl (C=O) groups excluding carboxylic acids is 1. The number of benzene rings is 3. The van der Waals surface area contributed by atoms with Gasteiger partial charge in [0, 0.05) is 33.1 Å². The smallest absolute Gasteiger partial charge is 0.217 e. The zero-order chi connectivity index (χ0) is 27.0. The van der Waals surface area contributed by atoms with E-state index < -0.39 is 0 Å². The Morgan fingerprint density at radius 1 is 1.00 bits per heavy atom. The molecule has 1 aliphatic rings. The van der Waals surface area contributed by atoms with Crippen LogP contribution in [0.2, 0.25) is 10.0 Å². The van der Waals surface area contributed by atoms with E-state index >= 15 is 0 Å². The minimum atomic E-state index is -0.301. The molecular formula is C31H37Cl2N3O2. The van der Waals surface area contributed by atoms with Gasteiger partial charge in [0.05, 0.1) is 22.7 Å². The number of halogens is 2. The van der Waals surface area contributed by atoms with Crippen LogP contribution >= 0.6 is 23.2 Å². The minimum absolute atomic E-state index is 0.0177. The number of ether oxygens (including phenoxy) is 1. The number of likely N-dealkylation sites (tertiary alicyclic amines) is 1. The number of hydrogen-bond acceptors (Lipinski definition) is 4. The molecule has 4 rings (SSSR count). The lowest BCUT2D eigenvalue weighted by Gasteiger charge is -2.43. The van der Waals surface area contributed by atoms with Crippen LogP contribution in [-0.4, -0.2) is 44.1 Å². The maximum Gasteiger partial charge on any atom is 0.217 e. The summed E-state index contributed by atoms with van der Waals surface area (Å²) in [5.41, 5.74) is 3.26. The molecule has 7 heteroatoms. The van der Waals surface area contributed by atoms with Gasteiger partial charge in [0.15, 0.2) is 0 Å². The number of amides is 1. The second-order valence-electron chi connectivity index (χ2n) is 10.1. The number of piperidine rings is 1. The largest absolute Gasteiger partial charge is 0.497 e. The fraction of sp³-hybridized carbons (Fsp3) is 0.387. The molecule has 0 radical (unpaired) electrons. The first kappa shape index (κ1) is 28.4. The Morgan fingerprint density at radius 2 is 1.76 bits per heavy atom. The maximum absolute atomic E-state index is 12.1. The van der Waals surface area contributed by atoms with Crippen molar-refractivity contribution in [3.63, 3.8) is 0 Å². The summed E-state index contributed by atoms with van der Waals surface area (Å²) in [4.78, 5) is 14.6. The fourth-order valence-corrected chi connectivity index (χ4v) is 5.71. The van der Waals surface area contributed by atoms with Gasteiger partial charge in [-0.05, 0) is 72.7 Å². The number of nitrogens with zero attached hydrogens (tertiary/aromatic N) is 1. The lowest BCUT2D eigenvalue weighted by Crippen LogP contribution is -2.52. The van der Waals surface area contributed by atoms with Crippen LogP contribution in [0, 0.1) is 0 Å². The monoisotopic (exact) mass is 553 g/mol. The summed E-state index contributed by atoms with van der Waals surface area (Å²) in [5.74, 6) is 1.16. The topological polar surface area (TPSA) is 53.6 Å². The molecular weight excluding hydrogens is 517 g/mol. The third-order valence-corrected chi connectivity index (χ3v) is 8.25. The van der Waals surface area contributed by atoms with E-state index in [1.807, 2.05) is 42.5 Å². The molecule has 0 aromatic heterocycles. The van der Waals surface area contributed by atoms with Gasteiger partial charge in [0.1, 0.15) is 5.75 Å². The van der Waals surface area contributed by atoms with Gasteiger partial charge in [-0.3, -0.25) is 4.79 Å². The van der Waals surface area contributed by atoms with Crippen LogP contribution in [0.1, 0.15) is 48.8 Å². The second kappa shape index (κ2) is 13.5. The van der Waals surface area contributed by atoms with Crippen LogP contribution < -0.4 is 15.4 Å². The molecule has 1 fully saturated rings.